The van der Waals surface area contributed by atoms with E-state index in [0.29, 0.717) is 30.0 Å². The lowest BCUT2D eigenvalue weighted by Gasteiger charge is -2.11. The summed E-state index contributed by atoms with van der Waals surface area (Å²) in [6.45, 7) is 0.757. The number of urea groups is 1. The number of imidazole rings is 1. The monoisotopic (exact) mass is 425 g/mol. The van der Waals surface area contributed by atoms with Crippen molar-refractivity contribution in [3.05, 3.63) is 78.2 Å². The van der Waals surface area contributed by atoms with Gasteiger partial charge in [0.1, 0.15) is 28.8 Å². The number of aryl methyl sites for hydroxylation is 1. The number of pyridine rings is 1. The molecular weight excluding hydrogens is 407 g/mol. The van der Waals surface area contributed by atoms with E-state index in [1.54, 1.807) is 24.4 Å². The zero-order chi connectivity index (χ0) is 21.8. The lowest BCUT2D eigenvalue weighted by molar-refractivity contribution is 0.251. The minimum atomic E-state index is -0.726. The number of hydrogen-bond acceptors (Lipinski definition) is 3. The van der Waals surface area contributed by atoms with E-state index in [9.17, 15) is 18.0 Å². The minimum absolute atomic E-state index is 0.235. The molecule has 2 amide bonds. The van der Waals surface area contributed by atoms with E-state index in [4.69, 9.17) is 0 Å². The fraction of sp³-hybridized carbons (Fsp3) is 0.136. The Kier molecular flexibility index (Phi) is 5.83. The average Bonchev–Trinajstić information content (AvgIpc) is 3.13. The fourth-order valence-electron chi connectivity index (χ4n) is 3.19. The fourth-order valence-corrected chi connectivity index (χ4v) is 3.19. The van der Waals surface area contributed by atoms with Gasteiger partial charge in [-0.05, 0) is 55.0 Å². The first-order chi connectivity index (χ1) is 15.0. The van der Waals surface area contributed by atoms with Gasteiger partial charge in [0.2, 0.25) is 0 Å². The third-order valence-electron chi connectivity index (χ3n) is 4.63. The number of nitrogens with zero attached hydrogens (tertiary/aromatic N) is 3. The highest BCUT2D eigenvalue weighted by atomic mass is 19.1. The molecule has 0 atom stereocenters. The van der Waals surface area contributed by atoms with Gasteiger partial charge in [-0.2, -0.15) is 0 Å². The van der Waals surface area contributed by atoms with Crippen molar-refractivity contribution in [3.63, 3.8) is 0 Å². The highest BCUT2D eigenvalue weighted by molar-refractivity contribution is 5.89. The summed E-state index contributed by atoms with van der Waals surface area (Å²) in [5, 5.41) is 4.90. The number of amides is 2. The Hall–Kier alpha value is -3.88. The van der Waals surface area contributed by atoms with Gasteiger partial charge >= 0.3 is 6.03 Å². The summed E-state index contributed by atoms with van der Waals surface area (Å²) in [4.78, 5) is 21.0. The smallest absolute Gasteiger partial charge is 0.319 e. The molecule has 0 saturated heterocycles. The number of aromatic nitrogens is 3. The molecule has 4 rings (SSSR count). The Morgan fingerprint density at radius 3 is 2.58 bits per heavy atom. The second-order valence-corrected chi connectivity index (χ2v) is 6.80. The Morgan fingerprint density at radius 1 is 1.00 bits per heavy atom. The molecular formula is C22H18F3N5O. The molecule has 158 valence electrons. The lowest BCUT2D eigenvalue weighted by Crippen LogP contribution is -2.30. The molecule has 2 N–H and O–H groups in total. The number of carbonyl (C=O) groups is 1. The van der Waals surface area contributed by atoms with Gasteiger partial charge in [0, 0.05) is 30.9 Å². The molecule has 2 heterocycles. The van der Waals surface area contributed by atoms with Crippen LogP contribution in [-0.2, 0) is 6.54 Å². The summed E-state index contributed by atoms with van der Waals surface area (Å²) in [5.41, 5.74) is 1.88. The van der Waals surface area contributed by atoms with Crippen LogP contribution in [0.15, 0.2) is 60.8 Å². The zero-order valence-electron chi connectivity index (χ0n) is 16.3. The Morgan fingerprint density at radius 2 is 1.77 bits per heavy atom. The summed E-state index contributed by atoms with van der Waals surface area (Å²) >= 11 is 0. The van der Waals surface area contributed by atoms with E-state index in [-0.39, 0.29) is 18.0 Å². The quantitative estimate of drug-likeness (QED) is 0.439. The van der Waals surface area contributed by atoms with Crippen LogP contribution in [0.25, 0.3) is 22.6 Å². The largest absolute Gasteiger partial charge is 0.338 e. The van der Waals surface area contributed by atoms with Crippen molar-refractivity contribution in [2.45, 2.75) is 13.0 Å². The average molecular weight is 425 g/mol. The summed E-state index contributed by atoms with van der Waals surface area (Å²) in [6.07, 6.45) is 2.18. The highest BCUT2D eigenvalue weighted by Gasteiger charge is 2.14. The van der Waals surface area contributed by atoms with Gasteiger partial charge in [0.25, 0.3) is 0 Å². The number of nitrogens with one attached hydrogen (secondary N) is 2. The van der Waals surface area contributed by atoms with Crippen molar-refractivity contribution < 1.29 is 18.0 Å². The lowest BCUT2D eigenvalue weighted by atomic mass is 10.2. The molecule has 0 fully saturated rings. The van der Waals surface area contributed by atoms with Crippen molar-refractivity contribution in [2.75, 3.05) is 11.9 Å². The molecule has 0 saturated carbocycles. The number of anilines is 1. The number of rotatable bonds is 6. The summed E-state index contributed by atoms with van der Waals surface area (Å²) in [5.74, 6) is -1.07. The van der Waals surface area contributed by atoms with Gasteiger partial charge in [0.15, 0.2) is 5.65 Å². The van der Waals surface area contributed by atoms with Gasteiger partial charge < -0.3 is 15.2 Å². The van der Waals surface area contributed by atoms with Crippen LogP contribution in [0, 0.1) is 17.5 Å². The molecule has 9 heteroatoms. The van der Waals surface area contributed by atoms with Gasteiger partial charge in [-0.3, -0.25) is 0 Å². The maximum Gasteiger partial charge on any atom is 0.319 e. The van der Waals surface area contributed by atoms with Crippen LogP contribution < -0.4 is 10.6 Å². The summed E-state index contributed by atoms with van der Waals surface area (Å²) in [6, 6.07) is 11.8. The molecule has 0 aliphatic heterocycles. The first kappa shape index (κ1) is 20.4. The Labute approximate surface area is 175 Å². The standard InChI is InChI=1S/C22H18F3N5O/c23-15-6-4-14(5-7-15)20-28-18-3-1-10-26-21(18)30(20)12-2-11-27-22(31)29-19-13-16(24)8-9-17(19)25/h1,3-10,13H,2,11-12H2,(H2,27,29,31). The first-order valence-electron chi connectivity index (χ1n) is 9.58. The third-order valence-corrected chi connectivity index (χ3v) is 4.63. The van der Waals surface area contributed by atoms with Crippen LogP contribution >= 0.6 is 0 Å². The van der Waals surface area contributed by atoms with E-state index < -0.39 is 17.7 Å². The molecule has 0 radical (unpaired) electrons. The predicted molar refractivity (Wildman–Crippen MR) is 111 cm³/mol. The van der Waals surface area contributed by atoms with E-state index in [0.717, 1.165) is 23.8 Å². The van der Waals surface area contributed by atoms with Crippen LogP contribution in [0.5, 0.6) is 0 Å². The summed E-state index contributed by atoms with van der Waals surface area (Å²) in [7, 11) is 0. The van der Waals surface area contributed by atoms with Crippen LogP contribution in [0.2, 0.25) is 0 Å². The molecule has 6 nitrogen and oxygen atoms in total. The molecule has 31 heavy (non-hydrogen) atoms. The maximum absolute atomic E-state index is 13.6. The molecule has 0 spiro atoms. The molecule has 2 aromatic carbocycles. The Bertz CT molecular complexity index is 1220. The normalized spacial score (nSPS) is 10.9. The topological polar surface area (TPSA) is 71.8 Å². The van der Waals surface area contributed by atoms with Crippen molar-refractivity contribution in [2.24, 2.45) is 0 Å². The maximum atomic E-state index is 13.6. The number of fused-ring (bicyclic) bond motifs is 1. The molecule has 0 bridgehead atoms. The first-order valence-corrected chi connectivity index (χ1v) is 9.58. The molecule has 4 aromatic rings. The Balaban J connectivity index is 1.43. The van der Waals surface area contributed by atoms with Gasteiger partial charge in [-0.1, -0.05) is 0 Å². The zero-order valence-corrected chi connectivity index (χ0v) is 16.3. The molecule has 0 unspecified atom stereocenters. The third kappa shape index (κ3) is 4.66. The van der Waals surface area contributed by atoms with Crippen molar-refractivity contribution in [3.8, 4) is 11.4 Å². The van der Waals surface area contributed by atoms with Crippen LogP contribution in [-0.4, -0.2) is 27.1 Å². The minimum Gasteiger partial charge on any atom is -0.338 e. The van der Waals surface area contributed by atoms with Crippen LogP contribution in [0.3, 0.4) is 0 Å². The van der Waals surface area contributed by atoms with Crippen molar-refractivity contribution in [1.82, 2.24) is 19.9 Å². The van der Waals surface area contributed by atoms with Gasteiger partial charge in [0.05, 0.1) is 5.69 Å². The molecule has 2 aromatic heterocycles. The summed E-state index contributed by atoms with van der Waals surface area (Å²) < 4.78 is 42.1. The van der Waals surface area contributed by atoms with Crippen molar-refractivity contribution in [1.29, 1.82) is 0 Å². The number of hydrogen-bond donors (Lipinski definition) is 2. The van der Waals surface area contributed by atoms with E-state index in [2.05, 4.69) is 20.6 Å². The number of carbonyl (C=O) groups excluding carboxylic acids is 1. The number of benzene rings is 2. The number of halogens is 3. The van der Waals surface area contributed by atoms with E-state index in [1.807, 2.05) is 10.6 Å². The van der Waals surface area contributed by atoms with Crippen LogP contribution in [0.4, 0.5) is 23.7 Å². The predicted octanol–water partition coefficient (Wildman–Crippen LogP) is 4.73. The van der Waals surface area contributed by atoms with E-state index in [1.165, 1.54) is 12.1 Å². The van der Waals surface area contributed by atoms with E-state index >= 15 is 0 Å². The second kappa shape index (κ2) is 8.86. The van der Waals surface area contributed by atoms with Gasteiger partial charge in [-0.25, -0.2) is 27.9 Å². The van der Waals surface area contributed by atoms with Crippen molar-refractivity contribution >= 4 is 22.9 Å². The second-order valence-electron chi connectivity index (χ2n) is 6.80. The van der Waals surface area contributed by atoms with Gasteiger partial charge in [-0.15, -0.1) is 0 Å². The molecule has 0 aliphatic rings. The van der Waals surface area contributed by atoms with Crippen LogP contribution in [0.1, 0.15) is 6.42 Å². The SMILES string of the molecule is O=C(NCCCn1c(-c2ccc(F)cc2)nc2cccnc21)Nc1cc(F)ccc1F. The molecule has 0 aliphatic carbocycles. The highest BCUT2D eigenvalue weighted by Crippen LogP contribution is 2.24.